The monoisotopic (exact) mass is 345 g/mol. The molecule has 0 radical (unpaired) electrons. The average molecular weight is 345 g/mol. The summed E-state index contributed by atoms with van der Waals surface area (Å²) in [5, 5.41) is 2.53. The highest BCUT2D eigenvalue weighted by atomic mass is 32.1. The lowest BCUT2D eigenvalue weighted by Crippen LogP contribution is -2.25. The molecule has 0 atom stereocenters. The van der Waals surface area contributed by atoms with Crippen LogP contribution >= 0.6 is 11.3 Å². The molecule has 1 amide bonds. The zero-order chi connectivity index (χ0) is 17.4. The van der Waals surface area contributed by atoms with E-state index in [9.17, 15) is 14.0 Å². The Bertz CT molecular complexity index is 1010. The molecule has 1 aromatic carbocycles. The molecule has 0 bridgehead atoms. The molecular weight excluding hydrogens is 329 g/mol. The Balaban J connectivity index is 2.07. The number of fused-ring (bicyclic) bond motifs is 1. The zero-order valence-corrected chi connectivity index (χ0v) is 14.3. The summed E-state index contributed by atoms with van der Waals surface area (Å²) in [5.74, 6) is -0.602. The number of rotatable bonds is 3. The molecule has 124 valence electrons. The van der Waals surface area contributed by atoms with Crippen LogP contribution < -0.4 is 10.9 Å². The normalized spacial score (nSPS) is 11.0. The fourth-order valence-corrected chi connectivity index (χ4v) is 3.54. The molecule has 0 aliphatic rings. The summed E-state index contributed by atoms with van der Waals surface area (Å²) in [6.45, 7) is 3.48. The minimum Gasteiger partial charge on any atom is -0.354 e. The lowest BCUT2D eigenvalue weighted by Gasteiger charge is -2.05. The Morgan fingerprint density at radius 3 is 2.75 bits per heavy atom. The molecule has 0 fully saturated rings. The van der Waals surface area contributed by atoms with E-state index in [0.29, 0.717) is 28.3 Å². The van der Waals surface area contributed by atoms with Gasteiger partial charge in [-0.05, 0) is 31.0 Å². The van der Waals surface area contributed by atoms with Crippen molar-refractivity contribution in [1.29, 1.82) is 0 Å². The lowest BCUT2D eigenvalue weighted by atomic mass is 10.1. The van der Waals surface area contributed by atoms with Gasteiger partial charge < -0.3 is 5.32 Å². The molecule has 2 aromatic heterocycles. The van der Waals surface area contributed by atoms with E-state index in [-0.39, 0.29) is 17.3 Å². The maximum Gasteiger partial charge on any atom is 0.269 e. The van der Waals surface area contributed by atoms with Crippen molar-refractivity contribution in [3.63, 3.8) is 0 Å². The van der Waals surface area contributed by atoms with Crippen molar-refractivity contribution in [2.45, 2.75) is 20.3 Å². The molecule has 7 heteroatoms. The van der Waals surface area contributed by atoms with Gasteiger partial charge in [-0.1, -0.05) is 12.1 Å². The standard InChI is InChI=1S/C17H16FN3O2S/c1-9-4-5-11(7-13(9)18)6-12-8-14(22)21-15(16(23)19-3)10(2)24-17(21)20-12/h4-5,7-8H,6H2,1-3H3,(H,19,23). The number of hydrogen-bond donors (Lipinski definition) is 1. The Morgan fingerprint density at radius 1 is 1.33 bits per heavy atom. The van der Waals surface area contributed by atoms with E-state index in [4.69, 9.17) is 0 Å². The Morgan fingerprint density at radius 2 is 2.08 bits per heavy atom. The van der Waals surface area contributed by atoms with Crippen LogP contribution in [0.5, 0.6) is 0 Å². The van der Waals surface area contributed by atoms with Crippen LogP contribution in [0.2, 0.25) is 0 Å². The summed E-state index contributed by atoms with van der Waals surface area (Å²) in [6.07, 6.45) is 0.356. The van der Waals surface area contributed by atoms with Crippen molar-refractivity contribution in [3.05, 3.63) is 67.8 Å². The molecule has 0 aliphatic carbocycles. The topological polar surface area (TPSA) is 63.5 Å². The summed E-state index contributed by atoms with van der Waals surface area (Å²) in [7, 11) is 1.52. The van der Waals surface area contributed by atoms with E-state index in [0.717, 1.165) is 10.4 Å². The molecular formula is C17H16FN3O2S. The van der Waals surface area contributed by atoms with Gasteiger partial charge in [0.15, 0.2) is 4.96 Å². The van der Waals surface area contributed by atoms with Crippen LogP contribution in [-0.2, 0) is 6.42 Å². The van der Waals surface area contributed by atoms with Gasteiger partial charge in [-0.2, -0.15) is 0 Å². The van der Waals surface area contributed by atoms with E-state index < -0.39 is 0 Å². The highest BCUT2D eigenvalue weighted by molar-refractivity contribution is 7.17. The summed E-state index contributed by atoms with van der Waals surface area (Å²) < 4.78 is 15.0. The number of nitrogens with one attached hydrogen (secondary N) is 1. The highest BCUT2D eigenvalue weighted by Crippen LogP contribution is 2.20. The van der Waals surface area contributed by atoms with Crippen molar-refractivity contribution < 1.29 is 9.18 Å². The first-order valence-corrected chi connectivity index (χ1v) is 8.21. The van der Waals surface area contributed by atoms with Crippen LogP contribution in [0.3, 0.4) is 0 Å². The predicted molar refractivity (Wildman–Crippen MR) is 91.4 cm³/mol. The van der Waals surface area contributed by atoms with E-state index in [1.54, 1.807) is 19.9 Å². The Labute approximate surface area is 141 Å². The first-order valence-electron chi connectivity index (χ1n) is 7.40. The maximum absolute atomic E-state index is 13.7. The number of aromatic nitrogens is 2. The van der Waals surface area contributed by atoms with Gasteiger partial charge in [0.1, 0.15) is 11.5 Å². The van der Waals surface area contributed by atoms with E-state index >= 15 is 0 Å². The van der Waals surface area contributed by atoms with Crippen LogP contribution in [0.15, 0.2) is 29.1 Å². The predicted octanol–water partition coefficient (Wildman–Crippen LogP) is 2.46. The number of thiazole rings is 1. The molecule has 24 heavy (non-hydrogen) atoms. The highest BCUT2D eigenvalue weighted by Gasteiger charge is 2.18. The van der Waals surface area contributed by atoms with Crippen molar-refractivity contribution >= 4 is 22.2 Å². The molecule has 0 unspecified atom stereocenters. The number of amides is 1. The third-order valence-electron chi connectivity index (χ3n) is 3.81. The second-order valence-electron chi connectivity index (χ2n) is 5.55. The summed E-state index contributed by atoms with van der Waals surface area (Å²) in [5.41, 5.74) is 1.86. The minimum atomic E-state index is -0.323. The summed E-state index contributed by atoms with van der Waals surface area (Å²) in [6, 6.07) is 6.37. The molecule has 2 heterocycles. The van der Waals surface area contributed by atoms with Gasteiger partial charge in [0.2, 0.25) is 0 Å². The van der Waals surface area contributed by atoms with Crippen LogP contribution in [0.1, 0.15) is 32.2 Å². The van der Waals surface area contributed by atoms with Crippen LogP contribution in [0.25, 0.3) is 4.96 Å². The van der Waals surface area contributed by atoms with Crippen LogP contribution in [0, 0.1) is 19.7 Å². The Kier molecular flexibility index (Phi) is 4.19. The third kappa shape index (κ3) is 2.82. The Hall–Kier alpha value is -2.54. The zero-order valence-electron chi connectivity index (χ0n) is 13.5. The second-order valence-corrected chi connectivity index (χ2v) is 6.73. The molecule has 0 saturated heterocycles. The smallest absolute Gasteiger partial charge is 0.269 e. The van der Waals surface area contributed by atoms with Crippen molar-refractivity contribution in [1.82, 2.24) is 14.7 Å². The first kappa shape index (κ1) is 16.3. The van der Waals surface area contributed by atoms with E-state index in [2.05, 4.69) is 10.3 Å². The number of carbonyl (C=O) groups excluding carboxylic acids is 1. The number of hydrogen-bond acceptors (Lipinski definition) is 4. The van der Waals surface area contributed by atoms with Gasteiger partial charge in [-0.25, -0.2) is 13.8 Å². The summed E-state index contributed by atoms with van der Waals surface area (Å²) >= 11 is 1.28. The van der Waals surface area contributed by atoms with Gasteiger partial charge >= 0.3 is 0 Å². The number of nitrogens with zero attached hydrogens (tertiary/aromatic N) is 2. The van der Waals surface area contributed by atoms with Gasteiger partial charge in [0, 0.05) is 24.4 Å². The number of carbonyl (C=O) groups is 1. The van der Waals surface area contributed by atoms with Gasteiger partial charge in [0.25, 0.3) is 11.5 Å². The molecule has 0 saturated carbocycles. The van der Waals surface area contributed by atoms with Crippen molar-refractivity contribution in [3.8, 4) is 0 Å². The van der Waals surface area contributed by atoms with Crippen molar-refractivity contribution in [2.75, 3.05) is 7.05 Å². The van der Waals surface area contributed by atoms with Gasteiger partial charge in [-0.3, -0.25) is 9.59 Å². The molecule has 0 aliphatic heterocycles. The van der Waals surface area contributed by atoms with Gasteiger partial charge in [0.05, 0.1) is 5.69 Å². The molecule has 3 rings (SSSR count). The van der Waals surface area contributed by atoms with E-state index in [1.165, 1.54) is 34.9 Å². The maximum atomic E-state index is 13.7. The molecule has 3 aromatic rings. The number of halogens is 1. The second kappa shape index (κ2) is 6.16. The quantitative estimate of drug-likeness (QED) is 0.793. The average Bonchev–Trinajstić information content (AvgIpc) is 2.86. The molecule has 5 nitrogen and oxygen atoms in total. The SMILES string of the molecule is CNC(=O)c1c(C)sc2nc(Cc3ccc(C)c(F)c3)cc(=O)n12. The first-order chi connectivity index (χ1) is 11.4. The van der Waals surface area contributed by atoms with Crippen LogP contribution in [-0.4, -0.2) is 22.3 Å². The largest absolute Gasteiger partial charge is 0.354 e. The van der Waals surface area contributed by atoms with E-state index in [1.807, 2.05) is 6.07 Å². The third-order valence-corrected chi connectivity index (χ3v) is 4.76. The fourth-order valence-electron chi connectivity index (χ4n) is 2.55. The van der Waals surface area contributed by atoms with Gasteiger partial charge in [-0.15, -0.1) is 11.3 Å². The lowest BCUT2D eigenvalue weighted by molar-refractivity contribution is 0.0956. The minimum absolute atomic E-state index is 0.279. The molecule has 1 N–H and O–H groups in total. The molecule has 0 spiro atoms. The fraction of sp³-hybridized carbons (Fsp3) is 0.235. The van der Waals surface area contributed by atoms with Crippen molar-refractivity contribution in [2.24, 2.45) is 0 Å². The number of benzene rings is 1. The number of aryl methyl sites for hydroxylation is 2. The van der Waals surface area contributed by atoms with Crippen LogP contribution in [0.4, 0.5) is 4.39 Å². The summed E-state index contributed by atoms with van der Waals surface area (Å²) in [4.78, 5) is 30.1.